The second kappa shape index (κ2) is 6.68. The van der Waals surface area contributed by atoms with Gasteiger partial charge in [0.15, 0.2) is 0 Å². The highest BCUT2D eigenvalue weighted by Gasteiger charge is 2.66. The van der Waals surface area contributed by atoms with Crippen molar-refractivity contribution in [3.8, 4) is 0 Å². The maximum Gasteiger partial charge on any atom is 0.126 e. The minimum absolute atomic E-state index is 0.262. The van der Waals surface area contributed by atoms with Gasteiger partial charge in [0.2, 0.25) is 0 Å². The minimum atomic E-state index is -1.02. The molecule has 0 aromatic heterocycles. The van der Waals surface area contributed by atoms with Gasteiger partial charge in [-0.2, -0.15) is 11.8 Å². The van der Waals surface area contributed by atoms with Crippen molar-refractivity contribution in [3.63, 3.8) is 0 Å². The van der Waals surface area contributed by atoms with Gasteiger partial charge < -0.3 is 0 Å². The van der Waals surface area contributed by atoms with Gasteiger partial charge in [-0.1, -0.05) is 44.6 Å². The van der Waals surface area contributed by atoms with Crippen LogP contribution in [-0.2, 0) is 0 Å². The maximum absolute atomic E-state index is 16.8. The average Bonchev–Trinajstić information content (AvgIpc) is 2.87. The third-order valence-electron chi connectivity index (χ3n) is 9.09. The van der Waals surface area contributed by atoms with Crippen LogP contribution in [0.2, 0.25) is 0 Å². The lowest BCUT2D eigenvalue weighted by Gasteiger charge is -2.60. The Labute approximate surface area is 164 Å². The molecule has 4 rings (SSSR count). The van der Waals surface area contributed by atoms with Crippen molar-refractivity contribution in [2.75, 3.05) is 11.5 Å². The van der Waals surface area contributed by atoms with Crippen molar-refractivity contribution < 1.29 is 4.39 Å². The number of thioether (sulfide) groups is 1. The van der Waals surface area contributed by atoms with Gasteiger partial charge >= 0.3 is 0 Å². The Kier molecular flexibility index (Phi) is 4.90. The van der Waals surface area contributed by atoms with Gasteiger partial charge in [0.05, 0.1) is 0 Å². The Balaban J connectivity index is 1.63. The van der Waals surface area contributed by atoms with E-state index in [0.29, 0.717) is 11.3 Å². The summed E-state index contributed by atoms with van der Waals surface area (Å²) in [6, 6.07) is 0. The van der Waals surface area contributed by atoms with Crippen molar-refractivity contribution in [1.29, 1.82) is 0 Å². The number of rotatable bonds is 4. The first-order valence-corrected chi connectivity index (χ1v) is 12.2. The molecule has 2 heteroatoms. The van der Waals surface area contributed by atoms with Crippen LogP contribution < -0.4 is 0 Å². The summed E-state index contributed by atoms with van der Waals surface area (Å²) in [6.45, 7) is 9.46. The molecule has 7 atom stereocenters. The molecule has 26 heavy (non-hydrogen) atoms. The molecule has 0 amide bonds. The Hall–Kier alpha value is -0.240. The van der Waals surface area contributed by atoms with Crippen LogP contribution in [0.25, 0.3) is 0 Å². The second-order valence-corrected chi connectivity index (χ2v) is 11.4. The lowest BCUT2D eigenvalue weighted by molar-refractivity contribution is -0.126. The Morgan fingerprint density at radius 2 is 2.04 bits per heavy atom. The standard InChI is InChI=1S/C24H37FS/c1-5-26-15-11-19-17(2)16-21-20-10-9-18-8-6-7-12-23(18,4)24(20,25)14-13-22(19,21)3/h7-8,12,17,19-21H,5-6,9-11,13-16H2,1-4H3/t17-,19+,20+,21+,22-,23+,24-/m1/s1. The van der Waals surface area contributed by atoms with Crippen molar-refractivity contribution >= 4 is 11.8 Å². The first-order chi connectivity index (χ1) is 12.4. The fourth-order valence-corrected chi connectivity index (χ4v) is 8.37. The number of halogens is 1. The zero-order chi connectivity index (χ0) is 18.6. The third-order valence-corrected chi connectivity index (χ3v) is 10.0. The van der Waals surface area contributed by atoms with Gasteiger partial charge in [-0.3, -0.25) is 0 Å². The molecule has 0 heterocycles. The van der Waals surface area contributed by atoms with Gasteiger partial charge in [0, 0.05) is 5.41 Å². The zero-order valence-electron chi connectivity index (χ0n) is 17.2. The van der Waals surface area contributed by atoms with E-state index in [-0.39, 0.29) is 11.3 Å². The van der Waals surface area contributed by atoms with Gasteiger partial charge in [-0.15, -0.1) is 0 Å². The molecule has 0 unspecified atom stereocenters. The topological polar surface area (TPSA) is 0 Å². The van der Waals surface area contributed by atoms with Crippen molar-refractivity contribution in [3.05, 3.63) is 23.8 Å². The molecule has 3 fully saturated rings. The molecule has 0 N–H and O–H groups in total. The lowest BCUT2D eigenvalue weighted by atomic mass is 9.46. The van der Waals surface area contributed by atoms with Crippen LogP contribution in [-0.4, -0.2) is 17.2 Å². The SMILES string of the molecule is CCSCC[C@H]1[C@H](C)C[C@H]2[C@@H]3CCC4=CCC=C[C@]4(C)[C@@]3(F)CC[C@]12C. The van der Waals surface area contributed by atoms with E-state index in [1.54, 1.807) is 0 Å². The van der Waals surface area contributed by atoms with Crippen LogP contribution in [0.4, 0.5) is 4.39 Å². The van der Waals surface area contributed by atoms with Crippen LogP contribution in [0.15, 0.2) is 23.8 Å². The summed E-state index contributed by atoms with van der Waals surface area (Å²) < 4.78 is 16.8. The molecule has 0 aliphatic heterocycles. The Morgan fingerprint density at radius 1 is 1.23 bits per heavy atom. The van der Waals surface area contributed by atoms with Gasteiger partial charge in [-0.05, 0) is 92.5 Å². The first-order valence-electron chi connectivity index (χ1n) is 11.0. The number of hydrogen-bond acceptors (Lipinski definition) is 1. The molecular weight excluding hydrogens is 339 g/mol. The maximum atomic E-state index is 16.8. The van der Waals surface area contributed by atoms with E-state index in [1.807, 2.05) is 0 Å². The van der Waals surface area contributed by atoms with Gasteiger partial charge in [0.1, 0.15) is 5.67 Å². The summed E-state index contributed by atoms with van der Waals surface area (Å²) in [7, 11) is 0. The van der Waals surface area contributed by atoms with Crippen molar-refractivity contribution in [2.24, 2.45) is 34.5 Å². The van der Waals surface area contributed by atoms with Crippen LogP contribution in [0.3, 0.4) is 0 Å². The molecule has 0 spiro atoms. The molecule has 4 aliphatic carbocycles. The fourth-order valence-electron chi connectivity index (χ4n) is 7.66. The smallest absolute Gasteiger partial charge is 0.126 e. The van der Waals surface area contributed by atoms with E-state index in [4.69, 9.17) is 0 Å². The van der Waals surface area contributed by atoms with Crippen LogP contribution >= 0.6 is 11.8 Å². The molecule has 0 radical (unpaired) electrons. The van der Waals surface area contributed by atoms with E-state index < -0.39 is 5.67 Å². The quantitative estimate of drug-likeness (QED) is 0.369. The summed E-state index contributed by atoms with van der Waals surface area (Å²) in [6.07, 6.45) is 14.4. The molecule has 0 bridgehead atoms. The normalized spacial score (nSPS) is 50.0. The third kappa shape index (κ3) is 2.53. The summed E-state index contributed by atoms with van der Waals surface area (Å²) >= 11 is 2.08. The first kappa shape index (κ1) is 19.1. The van der Waals surface area contributed by atoms with Crippen LogP contribution in [0.1, 0.15) is 72.6 Å². The molecule has 0 nitrogen and oxygen atoms in total. The van der Waals surface area contributed by atoms with E-state index >= 15 is 4.39 Å². The highest BCUT2D eigenvalue weighted by atomic mass is 32.2. The summed E-state index contributed by atoms with van der Waals surface area (Å²) in [5.74, 6) is 4.90. The Bertz CT molecular complexity index is 609. The van der Waals surface area contributed by atoms with Crippen molar-refractivity contribution in [1.82, 2.24) is 0 Å². The highest BCUT2D eigenvalue weighted by molar-refractivity contribution is 7.99. The predicted octanol–water partition coefficient (Wildman–Crippen LogP) is 7.21. The van der Waals surface area contributed by atoms with Crippen molar-refractivity contribution in [2.45, 2.75) is 78.3 Å². The highest BCUT2D eigenvalue weighted by Crippen LogP contribution is 2.70. The molecule has 0 aromatic carbocycles. The molecule has 4 aliphatic rings. The minimum Gasteiger partial charge on any atom is -0.242 e. The summed E-state index contributed by atoms with van der Waals surface area (Å²) in [5.41, 5.74) is 0.397. The van der Waals surface area contributed by atoms with E-state index in [9.17, 15) is 0 Å². The summed E-state index contributed by atoms with van der Waals surface area (Å²) in [4.78, 5) is 0. The predicted molar refractivity (Wildman–Crippen MR) is 112 cm³/mol. The molecule has 0 aromatic rings. The molecule has 146 valence electrons. The average molecular weight is 377 g/mol. The fraction of sp³-hybridized carbons (Fsp3) is 0.833. The largest absolute Gasteiger partial charge is 0.242 e. The number of alkyl halides is 1. The monoisotopic (exact) mass is 376 g/mol. The second-order valence-electron chi connectivity index (χ2n) is 9.99. The van der Waals surface area contributed by atoms with E-state index in [0.717, 1.165) is 43.9 Å². The number of hydrogen-bond donors (Lipinski definition) is 0. The zero-order valence-corrected chi connectivity index (χ0v) is 18.0. The number of allylic oxidation sites excluding steroid dienone is 4. The van der Waals surface area contributed by atoms with Crippen LogP contribution in [0.5, 0.6) is 0 Å². The lowest BCUT2D eigenvalue weighted by Crippen LogP contribution is -2.59. The van der Waals surface area contributed by atoms with E-state index in [1.165, 1.54) is 29.9 Å². The Morgan fingerprint density at radius 3 is 2.81 bits per heavy atom. The molecular formula is C24H37FS. The molecule has 0 saturated heterocycles. The van der Waals surface area contributed by atoms with Crippen LogP contribution in [0, 0.1) is 34.5 Å². The van der Waals surface area contributed by atoms with Gasteiger partial charge in [0.25, 0.3) is 0 Å². The molecule has 3 saturated carbocycles. The van der Waals surface area contributed by atoms with E-state index in [2.05, 4.69) is 57.7 Å². The summed E-state index contributed by atoms with van der Waals surface area (Å²) in [5, 5.41) is 0. The van der Waals surface area contributed by atoms with Gasteiger partial charge in [-0.25, -0.2) is 4.39 Å². The number of fused-ring (bicyclic) bond motifs is 5.